The molecule has 0 fully saturated rings. The van der Waals surface area contributed by atoms with Gasteiger partial charge in [0.2, 0.25) is 0 Å². The molecule has 1 aliphatic heterocycles. The molecule has 1 aliphatic rings. The molecule has 6 nitrogen and oxygen atoms in total. The SMILES string of the molecule is COC(=O)c1c(O)c2c(n(Cc3ccc(C(F)(F)F)cc3)c1=O)COCC2. The van der Waals surface area contributed by atoms with Crippen LogP contribution in [0.1, 0.15) is 32.7 Å². The van der Waals surface area contributed by atoms with Crippen molar-refractivity contribution in [1.82, 2.24) is 4.57 Å². The third-order valence-electron chi connectivity index (χ3n) is 4.40. The standard InChI is InChI=1S/C18H16F3NO5/c1-26-17(25)14-15(23)12-6-7-27-9-13(12)22(16(14)24)8-10-2-4-11(5-3-10)18(19,20)21/h2-5,23H,6-9H2,1H3. The van der Waals surface area contributed by atoms with Gasteiger partial charge >= 0.3 is 12.1 Å². The van der Waals surface area contributed by atoms with Crippen LogP contribution in [0.15, 0.2) is 29.1 Å². The number of alkyl halides is 3. The van der Waals surface area contributed by atoms with E-state index < -0.39 is 34.6 Å². The average Bonchev–Trinajstić information content (AvgIpc) is 2.64. The summed E-state index contributed by atoms with van der Waals surface area (Å²) >= 11 is 0. The fraction of sp³-hybridized carbons (Fsp3) is 0.333. The minimum Gasteiger partial charge on any atom is -0.506 e. The number of methoxy groups -OCH3 is 1. The summed E-state index contributed by atoms with van der Waals surface area (Å²) in [6.07, 6.45) is -4.17. The van der Waals surface area contributed by atoms with Gasteiger partial charge in [-0.05, 0) is 17.7 Å². The molecule has 2 aromatic rings. The van der Waals surface area contributed by atoms with Gasteiger partial charge in [0.1, 0.15) is 5.75 Å². The second kappa shape index (κ2) is 7.07. The Hall–Kier alpha value is -2.81. The molecule has 0 unspecified atom stereocenters. The highest BCUT2D eigenvalue weighted by Crippen LogP contribution is 2.30. The summed E-state index contributed by atoms with van der Waals surface area (Å²) in [4.78, 5) is 24.7. The number of carbonyl (C=O) groups excluding carboxylic acids is 1. The van der Waals surface area contributed by atoms with E-state index in [2.05, 4.69) is 4.74 Å². The molecule has 0 bridgehead atoms. The molecule has 1 aromatic carbocycles. The van der Waals surface area contributed by atoms with E-state index in [0.29, 0.717) is 29.8 Å². The number of hydrogen-bond donors (Lipinski definition) is 1. The van der Waals surface area contributed by atoms with Crippen molar-refractivity contribution in [2.75, 3.05) is 13.7 Å². The van der Waals surface area contributed by atoms with Crippen molar-refractivity contribution >= 4 is 5.97 Å². The number of rotatable bonds is 3. The van der Waals surface area contributed by atoms with Gasteiger partial charge in [-0.2, -0.15) is 13.2 Å². The Morgan fingerprint density at radius 3 is 2.56 bits per heavy atom. The molecule has 27 heavy (non-hydrogen) atoms. The van der Waals surface area contributed by atoms with Gasteiger partial charge in [0, 0.05) is 12.0 Å². The lowest BCUT2D eigenvalue weighted by atomic mass is 10.0. The van der Waals surface area contributed by atoms with Gasteiger partial charge < -0.3 is 19.1 Å². The van der Waals surface area contributed by atoms with Crippen molar-refractivity contribution in [2.24, 2.45) is 0 Å². The van der Waals surface area contributed by atoms with Crippen molar-refractivity contribution in [1.29, 1.82) is 0 Å². The first-order chi connectivity index (χ1) is 12.7. The van der Waals surface area contributed by atoms with Crippen LogP contribution in [0.2, 0.25) is 0 Å². The smallest absolute Gasteiger partial charge is 0.416 e. The van der Waals surface area contributed by atoms with Crippen molar-refractivity contribution < 1.29 is 32.5 Å². The van der Waals surface area contributed by atoms with E-state index in [4.69, 9.17) is 4.74 Å². The lowest BCUT2D eigenvalue weighted by Crippen LogP contribution is -2.33. The molecule has 0 radical (unpaired) electrons. The number of nitrogens with zero attached hydrogens (tertiary/aromatic N) is 1. The quantitative estimate of drug-likeness (QED) is 0.824. The van der Waals surface area contributed by atoms with Gasteiger partial charge in [0.05, 0.1) is 38.1 Å². The van der Waals surface area contributed by atoms with Crippen LogP contribution in [0.3, 0.4) is 0 Å². The van der Waals surface area contributed by atoms with Gasteiger partial charge in [-0.25, -0.2) is 4.79 Å². The fourth-order valence-electron chi connectivity index (χ4n) is 3.02. The van der Waals surface area contributed by atoms with Gasteiger partial charge in [-0.3, -0.25) is 4.79 Å². The van der Waals surface area contributed by atoms with Crippen molar-refractivity contribution in [3.8, 4) is 5.75 Å². The minimum absolute atomic E-state index is 0.0419. The summed E-state index contributed by atoms with van der Waals surface area (Å²) < 4.78 is 49.3. The van der Waals surface area contributed by atoms with Gasteiger partial charge in [-0.15, -0.1) is 0 Å². The number of halogens is 3. The second-order valence-corrected chi connectivity index (χ2v) is 6.03. The van der Waals surface area contributed by atoms with Crippen LogP contribution in [0.4, 0.5) is 13.2 Å². The molecular weight excluding hydrogens is 367 g/mol. The topological polar surface area (TPSA) is 77.8 Å². The molecule has 0 spiro atoms. The molecule has 1 N–H and O–H groups in total. The molecule has 0 aliphatic carbocycles. The third-order valence-corrected chi connectivity index (χ3v) is 4.40. The minimum atomic E-state index is -4.46. The van der Waals surface area contributed by atoms with E-state index >= 15 is 0 Å². The Kier molecular flexibility index (Phi) is 4.97. The normalized spacial score (nSPS) is 13.9. The molecule has 1 aromatic heterocycles. The van der Waals surface area contributed by atoms with Crippen molar-refractivity contribution in [3.63, 3.8) is 0 Å². The monoisotopic (exact) mass is 383 g/mol. The first-order valence-corrected chi connectivity index (χ1v) is 8.03. The highest BCUT2D eigenvalue weighted by molar-refractivity contribution is 5.92. The summed E-state index contributed by atoms with van der Waals surface area (Å²) in [6, 6.07) is 4.36. The average molecular weight is 383 g/mol. The van der Waals surface area contributed by atoms with Crippen LogP contribution in [0, 0.1) is 0 Å². The Bertz CT molecular complexity index is 932. The number of ether oxygens (including phenoxy) is 2. The maximum Gasteiger partial charge on any atom is 0.416 e. The van der Waals surface area contributed by atoms with Gasteiger partial charge in [0.25, 0.3) is 5.56 Å². The number of fused-ring (bicyclic) bond motifs is 1. The predicted molar refractivity (Wildman–Crippen MR) is 87.6 cm³/mol. The van der Waals surface area contributed by atoms with E-state index in [1.165, 1.54) is 16.7 Å². The Morgan fingerprint density at radius 1 is 1.30 bits per heavy atom. The molecule has 0 atom stereocenters. The largest absolute Gasteiger partial charge is 0.506 e. The molecule has 0 amide bonds. The Labute approximate surface area is 151 Å². The maximum atomic E-state index is 12.8. The zero-order chi connectivity index (χ0) is 19.8. The maximum absolute atomic E-state index is 12.8. The number of aromatic hydroxyl groups is 1. The zero-order valence-corrected chi connectivity index (χ0v) is 14.3. The summed E-state index contributed by atoms with van der Waals surface area (Å²) in [6.45, 7) is 0.271. The van der Waals surface area contributed by atoms with Crippen LogP contribution in [0.25, 0.3) is 0 Å². The van der Waals surface area contributed by atoms with Crippen molar-refractivity contribution in [2.45, 2.75) is 25.7 Å². The Morgan fingerprint density at radius 2 is 1.96 bits per heavy atom. The Balaban J connectivity index is 2.09. The van der Waals surface area contributed by atoms with Crippen LogP contribution in [0.5, 0.6) is 5.75 Å². The number of benzene rings is 1. The zero-order valence-electron chi connectivity index (χ0n) is 14.3. The lowest BCUT2D eigenvalue weighted by molar-refractivity contribution is -0.137. The number of carbonyl (C=O) groups is 1. The number of esters is 1. The van der Waals surface area contributed by atoms with Gasteiger partial charge in [0.15, 0.2) is 5.56 Å². The molecule has 144 valence electrons. The van der Waals surface area contributed by atoms with Gasteiger partial charge in [-0.1, -0.05) is 12.1 Å². The highest BCUT2D eigenvalue weighted by Gasteiger charge is 2.30. The first-order valence-electron chi connectivity index (χ1n) is 8.03. The molecule has 2 heterocycles. The number of hydrogen-bond acceptors (Lipinski definition) is 5. The van der Waals surface area contributed by atoms with E-state index in [1.54, 1.807) is 0 Å². The molecule has 0 saturated heterocycles. The molecular formula is C18H16F3NO5. The molecule has 0 saturated carbocycles. The summed E-state index contributed by atoms with van der Waals surface area (Å²) in [7, 11) is 1.09. The number of aromatic nitrogens is 1. The number of pyridine rings is 1. The van der Waals surface area contributed by atoms with E-state index in [9.17, 15) is 27.9 Å². The summed E-state index contributed by atoms with van der Waals surface area (Å²) in [5.74, 6) is -1.42. The van der Waals surface area contributed by atoms with E-state index in [-0.39, 0.29) is 13.2 Å². The third kappa shape index (κ3) is 3.55. The van der Waals surface area contributed by atoms with E-state index in [0.717, 1.165) is 19.2 Å². The summed E-state index contributed by atoms with van der Waals surface area (Å²) in [5, 5.41) is 10.3. The molecule has 3 rings (SSSR count). The van der Waals surface area contributed by atoms with Crippen LogP contribution < -0.4 is 5.56 Å². The van der Waals surface area contributed by atoms with Crippen LogP contribution in [-0.4, -0.2) is 29.4 Å². The fourth-order valence-corrected chi connectivity index (χ4v) is 3.02. The molecule has 9 heteroatoms. The summed E-state index contributed by atoms with van der Waals surface area (Å²) in [5.41, 5.74) is -0.873. The van der Waals surface area contributed by atoms with E-state index in [1.807, 2.05) is 0 Å². The first kappa shape index (κ1) is 19.0. The van der Waals surface area contributed by atoms with Crippen molar-refractivity contribution in [3.05, 3.63) is 62.6 Å². The van der Waals surface area contributed by atoms with Crippen LogP contribution >= 0.6 is 0 Å². The predicted octanol–water partition coefficient (Wildman–Crippen LogP) is 2.48. The second-order valence-electron chi connectivity index (χ2n) is 6.03. The highest BCUT2D eigenvalue weighted by atomic mass is 19.4. The lowest BCUT2D eigenvalue weighted by Gasteiger charge is -2.23. The van der Waals surface area contributed by atoms with Crippen LogP contribution in [-0.2, 0) is 35.2 Å².